The van der Waals surface area contributed by atoms with Crippen LogP contribution in [0.1, 0.15) is 166 Å². The summed E-state index contributed by atoms with van der Waals surface area (Å²) in [6.45, 7) is 29.3. The molecule has 2 amide bonds. The smallest absolute Gasteiger partial charge is 0.309 e. The van der Waals surface area contributed by atoms with Gasteiger partial charge in [-0.2, -0.15) is 0 Å². The number of ether oxygens (including phenoxy) is 1. The number of carboxylic acid groups (broad SMARTS) is 1. The lowest BCUT2D eigenvalue weighted by atomic mass is 9.32. The molecule has 0 radical (unpaired) electrons. The SMILES string of the molecule is C=C(C)C1CCC2(C(=O)NC3CC(C(=O)N4CCCCC4)C3(C)C)CCC3(C)C(CCC4C5(C)CCC(OC(=O)C6CC(C(=O)O)C6(C)C)C(C)(C)C5CCC43C)C12. The molecule has 0 aromatic carbocycles. The highest BCUT2D eigenvalue weighted by Crippen LogP contribution is 2.78. The first-order chi connectivity index (χ1) is 27.0. The van der Waals surface area contributed by atoms with Crippen molar-refractivity contribution in [2.75, 3.05) is 13.1 Å². The highest BCUT2D eigenvalue weighted by Gasteiger charge is 2.72. The number of hydrogen-bond acceptors (Lipinski definition) is 5. The number of rotatable bonds is 7. The summed E-state index contributed by atoms with van der Waals surface area (Å²) in [6, 6.07) is 0.0223. The van der Waals surface area contributed by atoms with Gasteiger partial charge in [0.2, 0.25) is 11.8 Å². The second kappa shape index (κ2) is 13.8. The minimum atomic E-state index is -0.820. The van der Waals surface area contributed by atoms with Crippen molar-refractivity contribution in [3.8, 4) is 0 Å². The van der Waals surface area contributed by atoms with E-state index in [2.05, 4.69) is 72.2 Å². The largest absolute Gasteiger partial charge is 0.481 e. The number of aliphatic carboxylic acids is 1. The van der Waals surface area contributed by atoms with Crippen LogP contribution in [0, 0.1) is 85.2 Å². The van der Waals surface area contributed by atoms with E-state index >= 15 is 4.79 Å². The number of piperidine rings is 1. The zero-order chi connectivity index (χ0) is 42.2. The van der Waals surface area contributed by atoms with E-state index in [9.17, 15) is 19.5 Å². The van der Waals surface area contributed by atoms with Gasteiger partial charge in [-0.3, -0.25) is 19.2 Å². The Bertz CT molecular complexity index is 1730. The first-order valence-electron chi connectivity index (χ1n) is 23.7. The normalized spacial score (nSPS) is 47.0. The summed E-state index contributed by atoms with van der Waals surface area (Å²) in [4.78, 5) is 56.2. The molecule has 8 aliphatic rings. The Hall–Kier alpha value is -2.38. The zero-order valence-corrected chi connectivity index (χ0v) is 37.9. The van der Waals surface area contributed by atoms with Crippen LogP contribution in [0.4, 0.5) is 0 Å². The predicted octanol–water partition coefficient (Wildman–Crippen LogP) is 9.85. The molecule has 1 heterocycles. The number of carbonyl (C=O) groups is 4. The fourth-order valence-corrected chi connectivity index (χ4v) is 16.9. The van der Waals surface area contributed by atoms with Crippen molar-refractivity contribution < 1.29 is 29.0 Å². The van der Waals surface area contributed by atoms with E-state index in [1.54, 1.807) is 0 Å². The Labute approximate surface area is 350 Å². The van der Waals surface area contributed by atoms with Crippen LogP contribution >= 0.6 is 0 Å². The second-order valence-electron chi connectivity index (χ2n) is 24.1. The maximum absolute atomic E-state index is 15.0. The Morgan fingerprint density at radius 1 is 0.690 bits per heavy atom. The molecule has 58 heavy (non-hydrogen) atoms. The highest BCUT2D eigenvalue weighted by atomic mass is 16.5. The maximum Gasteiger partial charge on any atom is 0.309 e. The van der Waals surface area contributed by atoms with E-state index in [4.69, 9.17) is 4.74 Å². The summed E-state index contributed by atoms with van der Waals surface area (Å²) in [5, 5.41) is 13.3. The van der Waals surface area contributed by atoms with Crippen LogP contribution in [0.25, 0.3) is 0 Å². The standard InChI is InChI=1S/C50H78N2O6/c1-29(2)30-17-22-50(43(57)51-37-28-32(45(37,5)6)40(53)52-25-13-12-14-26-52)24-23-48(10)31(39(30)50)15-16-36-47(9)20-19-38(46(7,8)35(47)18-21-49(36,48)11)58-42(56)34-27-33(41(54)55)44(34,3)4/h30-39H,1,12-28H2,2-11H3,(H,51,57)(H,54,55). The van der Waals surface area contributed by atoms with Crippen LogP contribution in [0.2, 0.25) is 0 Å². The molecule has 8 fully saturated rings. The summed E-state index contributed by atoms with van der Waals surface area (Å²) >= 11 is 0. The molecule has 1 saturated heterocycles. The van der Waals surface area contributed by atoms with Gasteiger partial charge in [0.1, 0.15) is 6.10 Å². The zero-order valence-electron chi connectivity index (χ0n) is 37.9. The van der Waals surface area contributed by atoms with Gasteiger partial charge in [0.15, 0.2) is 0 Å². The average molecular weight is 803 g/mol. The summed E-state index contributed by atoms with van der Waals surface area (Å²) < 4.78 is 6.45. The lowest BCUT2D eigenvalue weighted by Gasteiger charge is -2.73. The molecule has 0 aromatic rings. The summed E-state index contributed by atoms with van der Waals surface area (Å²) in [5.74, 6) is 0.684. The monoisotopic (exact) mass is 803 g/mol. The number of allylic oxidation sites excluding steroid dienone is 1. The fourth-order valence-electron chi connectivity index (χ4n) is 16.9. The van der Waals surface area contributed by atoms with Gasteiger partial charge in [0.25, 0.3) is 0 Å². The molecular weight excluding hydrogens is 725 g/mol. The van der Waals surface area contributed by atoms with Gasteiger partial charge >= 0.3 is 11.9 Å². The lowest BCUT2D eigenvalue weighted by Crippen LogP contribution is -2.68. The lowest BCUT2D eigenvalue weighted by molar-refractivity contribution is -0.251. The molecule has 0 spiro atoms. The Balaban J connectivity index is 1.00. The molecule has 7 saturated carbocycles. The van der Waals surface area contributed by atoms with Crippen LogP contribution in [0.3, 0.4) is 0 Å². The molecule has 2 N–H and O–H groups in total. The third-order valence-electron chi connectivity index (χ3n) is 21.1. The molecule has 8 rings (SSSR count). The van der Waals surface area contributed by atoms with Crippen LogP contribution < -0.4 is 5.32 Å². The van der Waals surface area contributed by atoms with Gasteiger partial charge in [0.05, 0.1) is 17.3 Å². The third kappa shape index (κ3) is 5.75. The van der Waals surface area contributed by atoms with Crippen LogP contribution in [-0.2, 0) is 23.9 Å². The fraction of sp³-hybridized carbons (Fsp3) is 0.880. The van der Waals surface area contributed by atoms with E-state index in [1.165, 1.54) is 18.4 Å². The average Bonchev–Trinajstić information content (AvgIpc) is 3.55. The molecule has 8 nitrogen and oxygen atoms in total. The van der Waals surface area contributed by atoms with Crippen LogP contribution in [-0.4, -0.2) is 59.0 Å². The van der Waals surface area contributed by atoms with Crippen molar-refractivity contribution in [3.05, 3.63) is 12.2 Å². The summed E-state index contributed by atoms with van der Waals surface area (Å²) in [5.41, 5.74) is 0.152. The number of nitrogens with one attached hydrogen (secondary N) is 1. The van der Waals surface area contributed by atoms with Crippen molar-refractivity contribution in [2.24, 2.45) is 85.2 Å². The number of nitrogens with zero attached hydrogens (tertiary/aromatic N) is 1. The Kier molecular flexibility index (Phi) is 10.1. The Morgan fingerprint density at radius 3 is 2.00 bits per heavy atom. The van der Waals surface area contributed by atoms with Gasteiger partial charge < -0.3 is 20.1 Å². The summed E-state index contributed by atoms with van der Waals surface area (Å²) in [7, 11) is 0. The van der Waals surface area contributed by atoms with Crippen molar-refractivity contribution >= 4 is 23.8 Å². The van der Waals surface area contributed by atoms with Crippen molar-refractivity contribution in [1.82, 2.24) is 10.2 Å². The highest BCUT2D eigenvalue weighted by molar-refractivity contribution is 5.86. The minimum absolute atomic E-state index is 0.0223. The van der Waals surface area contributed by atoms with Crippen molar-refractivity contribution in [2.45, 2.75) is 178 Å². The topological polar surface area (TPSA) is 113 Å². The number of amides is 2. The first-order valence-corrected chi connectivity index (χ1v) is 23.7. The number of carbonyl (C=O) groups excluding carboxylic acids is 3. The number of hydrogen-bond donors (Lipinski definition) is 2. The molecule has 7 aliphatic carbocycles. The van der Waals surface area contributed by atoms with E-state index in [0.29, 0.717) is 36.0 Å². The summed E-state index contributed by atoms with van der Waals surface area (Å²) in [6.07, 6.45) is 14.8. The molecule has 324 valence electrons. The predicted molar refractivity (Wildman–Crippen MR) is 226 cm³/mol. The van der Waals surface area contributed by atoms with Gasteiger partial charge in [-0.1, -0.05) is 74.5 Å². The van der Waals surface area contributed by atoms with Crippen molar-refractivity contribution in [1.29, 1.82) is 0 Å². The van der Waals surface area contributed by atoms with Gasteiger partial charge in [0, 0.05) is 30.5 Å². The quantitative estimate of drug-likeness (QED) is 0.196. The van der Waals surface area contributed by atoms with Gasteiger partial charge in [-0.05, 0) is 160 Å². The second-order valence-corrected chi connectivity index (χ2v) is 24.1. The Morgan fingerprint density at radius 2 is 1.38 bits per heavy atom. The first kappa shape index (κ1) is 42.3. The van der Waals surface area contributed by atoms with E-state index in [-0.39, 0.29) is 74.3 Å². The molecule has 8 heteroatoms. The van der Waals surface area contributed by atoms with Crippen molar-refractivity contribution in [3.63, 3.8) is 0 Å². The third-order valence-corrected chi connectivity index (χ3v) is 21.1. The minimum Gasteiger partial charge on any atom is -0.481 e. The molecule has 14 atom stereocenters. The van der Waals surface area contributed by atoms with E-state index in [0.717, 1.165) is 90.1 Å². The maximum atomic E-state index is 15.0. The van der Waals surface area contributed by atoms with Crippen LogP contribution in [0.15, 0.2) is 12.2 Å². The number of likely N-dealkylation sites (tertiary alicyclic amines) is 1. The molecule has 14 unspecified atom stereocenters. The number of esters is 1. The molecular formula is C50H78N2O6. The number of carboxylic acids is 1. The molecule has 0 aromatic heterocycles. The molecule has 0 bridgehead atoms. The molecule has 1 aliphatic heterocycles. The van der Waals surface area contributed by atoms with Crippen LogP contribution in [0.5, 0.6) is 0 Å². The van der Waals surface area contributed by atoms with Gasteiger partial charge in [-0.25, -0.2) is 0 Å². The number of fused-ring (bicyclic) bond motifs is 7. The van der Waals surface area contributed by atoms with E-state index < -0.39 is 17.3 Å². The van der Waals surface area contributed by atoms with E-state index in [1.807, 2.05) is 13.8 Å². The van der Waals surface area contributed by atoms with Gasteiger partial charge in [-0.15, -0.1) is 0 Å².